The Morgan fingerprint density at radius 1 is 0.773 bits per heavy atom. The van der Waals surface area contributed by atoms with Crippen LogP contribution in [0, 0.1) is 11.8 Å². The van der Waals surface area contributed by atoms with Crippen LogP contribution in [0.1, 0.15) is 38.5 Å². The third kappa shape index (κ3) is 3.08. The van der Waals surface area contributed by atoms with Gasteiger partial charge in [-0.2, -0.15) is 0 Å². The van der Waals surface area contributed by atoms with Crippen molar-refractivity contribution < 1.29 is 5.11 Å². The Kier molecular flexibility index (Phi) is 4.72. The molecule has 2 saturated carbocycles. The van der Waals surface area contributed by atoms with Gasteiger partial charge in [0, 0.05) is 44.8 Å². The second-order valence-electron chi connectivity index (χ2n) is 8.11. The smallest absolute Gasteiger partial charge is 0.0558 e. The number of likely N-dealkylation sites (tertiary alicyclic amines) is 1. The van der Waals surface area contributed by atoms with Crippen LogP contribution in [0.5, 0.6) is 0 Å². The lowest BCUT2D eigenvalue weighted by Crippen LogP contribution is -2.54. The van der Waals surface area contributed by atoms with Crippen molar-refractivity contribution in [2.24, 2.45) is 11.8 Å². The minimum absolute atomic E-state index is 0.307. The first-order valence-electron chi connectivity index (χ1n) is 9.65. The monoisotopic (exact) mass is 307 g/mol. The van der Waals surface area contributed by atoms with Gasteiger partial charge in [-0.05, 0) is 57.0 Å². The fourth-order valence-electron chi connectivity index (χ4n) is 5.73. The van der Waals surface area contributed by atoms with Gasteiger partial charge in [-0.15, -0.1) is 0 Å². The van der Waals surface area contributed by atoms with E-state index in [0.717, 1.165) is 43.6 Å². The van der Waals surface area contributed by atoms with Crippen molar-refractivity contribution in [3.63, 3.8) is 0 Å². The summed E-state index contributed by atoms with van der Waals surface area (Å²) >= 11 is 0. The molecule has 0 unspecified atom stereocenters. The number of rotatable bonds is 4. The maximum atomic E-state index is 9.05. The van der Waals surface area contributed by atoms with Crippen molar-refractivity contribution in [1.29, 1.82) is 0 Å². The summed E-state index contributed by atoms with van der Waals surface area (Å²) in [6.07, 6.45) is 8.85. The Morgan fingerprint density at radius 3 is 2.14 bits per heavy atom. The van der Waals surface area contributed by atoms with E-state index in [9.17, 15) is 0 Å². The van der Waals surface area contributed by atoms with E-state index in [2.05, 4.69) is 14.7 Å². The number of β-amino-alcohol motifs (C(OH)–C–C–N with tert-alkyl or cyclic N) is 1. The molecule has 3 atom stereocenters. The van der Waals surface area contributed by atoms with E-state index in [1.165, 1.54) is 64.7 Å². The molecule has 2 aliphatic carbocycles. The predicted octanol–water partition coefficient (Wildman–Crippen LogP) is 1.25. The highest BCUT2D eigenvalue weighted by Gasteiger charge is 2.43. The molecule has 0 radical (unpaired) electrons. The van der Waals surface area contributed by atoms with Gasteiger partial charge in [0.05, 0.1) is 6.61 Å². The van der Waals surface area contributed by atoms with E-state index in [1.807, 2.05) is 0 Å². The van der Waals surface area contributed by atoms with E-state index >= 15 is 0 Å². The molecule has 126 valence electrons. The van der Waals surface area contributed by atoms with Crippen molar-refractivity contribution in [2.75, 3.05) is 52.4 Å². The third-order valence-corrected chi connectivity index (χ3v) is 7.01. The third-order valence-electron chi connectivity index (χ3n) is 7.01. The van der Waals surface area contributed by atoms with Gasteiger partial charge in [-0.3, -0.25) is 14.7 Å². The first-order valence-corrected chi connectivity index (χ1v) is 9.65. The zero-order valence-electron chi connectivity index (χ0n) is 14.0. The standard InChI is InChI=1S/C18H33N3O/c22-12-11-19-7-9-20(10-8-19)17-3-5-21(6-4-17)18-14-15-1-2-16(18)13-15/h15-18,22H,1-14H2/t15-,16+,18+/m0/s1. The Bertz CT molecular complexity index is 361. The summed E-state index contributed by atoms with van der Waals surface area (Å²) in [7, 11) is 0. The maximum Gasteiger partial charge on any atom is 0.0558 e. The predicted molar refractivity (Wildman–Crippen MR) is 88.9 cm³/mol. The molecule has 0 aromatic heterocycles. The average Bonchev–Trinajstić information content (AvgIpc) is 3.19. The number of piperazine rings is 1. The van der Waals surface area contributed by atoms with Crippen LogP contribution in [0.3, 0.4) is 0 Å². The van der Waals surface area contributed by atoms with Crippen LogP contribution in [0.2, 0.25) is 0 Å². The van der Waals surface area contributed by atoms with Crippen LogP contribution in [-0.4, -0.2) is 84.3 Å². The molecule has 2 saturated heterocycles. The van der Waals surface area contributed by atoms with Crippen LogP contribution in [0.15, 0.2) is 0 Å². The molecular weight excluding hydrogens is 274 g/mol. The van der Waals surface area contributed by atoms with Gasteiger partial charge in [-0.1, -0.05) is 6.42 Å². The maximum absolute atomic E-state index is 9.05. The number of hydrogen-bond donors (Lipinski definition) is 1. The van der Waals surface area contributed by atoms with Crippen molar-refractivity contribution in [3.8, 4) is 0 Å². The molecule has 2 heterocycles. The Balaban J connectivity index is 1.23. The fourth-order valence-corrected chi connectivity index (χ4v) is 5.73. The number of piperidine rings is 1. The molecule has 1 N–H and O–H groups in total. The molecule has 0 amide bonds. The van der Waals surface area contributed by atoms with E-state index in [4.69, 9.17) is 5.11 Å². The molecule has 0 aromatic rings. The van der Waals surface area contributed by atoms with Gasteiger partial charge in [0.15, 0.2) is 0 Å². The van der Waals surface area contributed by atoms with Crippen molar-refractivity contribution in [1.82, 2.24) is 14.7 Å². The largest absolute Gasteiger partial charge is 0.395 e. The highest BCUT2D eigenvalue weighted by Crippen LogP contribution is 2.47. The minimum Gasteiger partial charge on any atom is -0.395 e. The summed E-state index contributed by atoms with van der Waals surface area (Å²) < 4.78 is 0. The Hall–Kier alpha value is -0.160. The summed E-state index contributed by atoms with van der Waals surface area (Å²) in [5, 5.41) is 9.05. The quantitative estimate of drug-likeness (QED) is 0.847. The molecule has 4 nitrogen and oxygen atoms in total. The normalized spacial score (nSPS) is 38.9. The van der Waals surface area contributed by atoms with Gasteiger partial charge in [-0.25, -0.2) is 0 Å². The second-order valence-corrected chi connectivity index (χ2v) is 8.11. The van der Waals surface area contributed by atoms with Gasteiger partial charge < -0.3 is 5.11 Å². The molecule has 4 aliphatic rings. The highest BCUT2D eigenvalue weighted by atomic mass is 16.3. The molecule has 2 aliphatic heterocycles. The number of hydrogen-bond acceptors (Lipinski definition) is 4. The summed E-state index contributed by atoms with van der Waals surface area (Å²) in [6.45, 7) is 8.56. The summed E-state index contributed by atoms with van der Waals surface area (Å²) in [4.78, 5) is 7.98. The first kappa shape index (κ1) is 15.4. The van der Waals surface area contributed by atoms with Crippen molar-refractivity contribution in [2.45, 2.75) is 50.6 Å². The van der Waals surface area contributed by atoms with Crippen molar-refractivity contribution in [3.05, 3.63) is 0 Å². The van der Waals surface area contributed by atoms with Crippen LogP contribution < -0.4 is 0 Å². The number of nitrogens with zero attached hydrogens (tertiary/aromatic N) is 3. The molecule has 22 heavy (non-hydrogen) atoms. The SMILES string of the molecule is OCCN1CCN(C2CCN([C@@H]3C[C@H]4CC[C@@H]3C4)CC2)CC1. The summed E-state index contributed by atoms with van der Waals surface area (Å²) in [6, 6.07) is 1.77. The topological polar surface area (TPSA) is 30.0 Å². The van der Waals surface area contributed by atoms with Crippen LogP contribution in [0.25, 0.3) is 0 Å². The number of aliphatic hydroxyl groups excluding tert-OH is 1. The van der Waals surface area contributed by atoms with E-state index in [-0.39, 0.29) is 0 Å². The molecule has 2 bridgehead atoms. The molecule has 0 aromatic carbocycles. The minimum atomic E-state index is 0.307. The van der Waals surface area contributed by atoms with Crippen LogP contribution in [-0.2, 0) is 0 Å². The van der Waals surface area contributed by atoms with E-state index in [0.29, 0.717) is 6.61 Å². The fraction of sp³-hybridized carbons (Fsp3) is 1.00. The van der Waals surface area contributed by atoms with Gasteiger partial charge in [0.2, 0.25) is 0 Å². The van der Waals surface area contributed by atoms with Gasteiger partial charge in [0.1, 0.15) is 0 Å². The van der Waals surface area contributed by atoms with Gasteiger partial charge >= 0.3 is 0 Å². The molecule has 0 spiro atoms. The van der Waals surface area contributed by atoms with E-state index < -0.39 is 0 Å². The van der Waals surface area contributed by atoms with Crippen LogP contribution >= 0.6 is 0 Å². The van der Waals surface area contributed by atoms with Crippen molar-refractivity contribution >= 4 is 0 Å². The first-order chi connectivity index (χ1) is 10.8. The van der Waals surface area contributed by atoms with Crippen LogP contribution in [0.4, 0.5) is 0 Å². The van der Waals surface area contributed by atoms with Gasteiger partial charge in [0.25, 0.3) is 0 Å². The number of aliphatic hydroxyl groups is 1. The summed E-state index contributed by atoms with van der Waals surface area (Å²) in [5.74, 6) is 2.12. The lowest BCUT2D eigenvalue weighted by molar-refractivity contribution is 0.0345. The zero-order valence-corrected chi connectivity index (χ0v) is 14.0. The molecule has 4 fully saturated rings. The average molecular weight is 307 g/mol. The lowest BCUT2D eigenvalue weighted by atomic mass is 9.91. The van der Waals surface area contributed by atoms with E-state index in [1.54, 1.807) is 0 Å². The number of fused-ring (bicyclic) bond motifs is 2. The zero-order chi connectivity index (χ0) is 14.9. The Morgan fingerprint density at radius 2 is 1.55 bits per heavy atom. The Labute approximate surface area is 135 Å². The second kappa shape index (κ2) is 6.76. The molecule has 4 rings (SSSR count). The molecule has 4 heteroatoms. The highest BCUT2D eigenvalue weighted by molar-refractivity contribution is 4.97. The lowest BCUT2D eigenvalue weighted by Gasteiger charge is -2.45. The summed E-state index contributed by atoms with van der Waals surface area (Å²) in [5.41, 5.74) is 0. The molecular formula is C18H33N3O.